The van der Waals surface area contributed by atoms with Crippen molar-refractivity contribution in [1.29, 1.82) is 0 Å². The van der Waals surface area contributed by atoms with Crippen LogP contribution in [0.5, 0.6) is 0 Å². The number of Topliss-reactive ketones (excluding diaryl/α,β-unsaturated/α-hetero) is 1. The van der Waals surface area contributed by atoms with Gasteiger partial charge in [0.2, 0.25) is 0 Å². The van der Waals surface area contributed by atoms with Gasteiger partial charge in [0.25, 0.3) is 0 Å². The maximum absolute atomic E-state index is 12.0. The van der Waals surface area contributed by atoms with Crippen LogP contribution in [0.4, 0.5) is 0 Å². The summed E-state index contributed by atoms with van der Waals surface area (Å²) in [4.78, 5) is 12.0. The Labute approximate surface area is 90.5 Å². The number of carbonyl (C=O) groups excluding carboxylic acids is 1. The lowest BCUT2D eigenvalue weighted by Crippen LogP contribution is -2.52. The third kappa shape index (κ3) is 1.59. The van der Waals surface area contributed by atoms with Crippen molar-refractivity contribution in [2.75, 3.05) is 0 Å². The van der Waals surface area contributed by atoms with Crippen molar-refractivity contribution in [2.45, 2.75) is 31.7 Å². The van der Waals surface area contributed by atoms with E-state index >= 15 is 0 Å². The zero-order valence-electron chi connectivity index (χ0n) is 9.07. The SMILES string of the molecule is CC1CCCC(=O)C1(N)c1ccccc1. The monoisotopic (exact) mass is 203 g/mol. The molecule has 2 atom stereocenters. The zero-order valence-corrected chi connectivity index (χ0v) is 9.07. The van der Waals surface area contributed by atoms with Crippen LogP contribution in [0.3, 0.4) is 0 Å². The van der Waals surface area contributed by atoms with Gasteiger partial charge in [0.05, 0.1) is 0 Å². The standard InChI is InChI=1S/C13H17NO/c1-10-6-5-9-12(15)13(10,14)11-7-3-2-4-8-11/h2-4,7-8,10H,5-6,9,14H2,1H3. The van der Waals surface area contributed by atoms with Gasteiger partial charge in [0.1, 0.15) is 5.54 Å². The van der Waals surface area contributed by atoms with E-state index in [1.54, 1.807) is 0 Å². The highest BCUT2D eigenvalue weighted by atomic mass is 16.1. The van der Waals surface area contributed by atoms with E-state index < -0.39 is 5.54 Å². The summed E-state index contributed by atoms with van der Waals surface area (Å²) in [6, 6.07) is 9.75. The molecule has 1 aliphatic rings. The molecule has 15 heavy (non-hydrogen) atoms. The lowest BCUT2D eigenvalue weighted by atomic mass is 9.69. The topological polar surface area (TPSA) is 43.1 Å². The van der Waals surface area contributed by atoms with Crippen molar-refractivity contribution in [3.05, 3.63) is 35.9 Å². The highest BCUT2D eigenvalue weighted by molar-refractivity contribution is 5.90. The van der Waals surface area contributed by atoms with E-state index in [0.717, 1.165) is 18.4 Å². The summed E-state index contributed by atoms with van der Waals surface area (Å²) in [7, 11) is 0. The normalized spacial score (nSPS) is 31.6. The fourth-order valence-corrected chi connectivity index (χ4v) is 2.44. The molecular weight excluding hydrogens is 186 g/mol. The van der Waals surface area contributed by atoms with Crippen LogP contribution in [0.2, 0.25) is 0 Å². The molecule has 0 amide bonds. The Morgan fingerprint density at radius 2 is 2.00 bits per heavy atom. The Bertz CT molecular complexity index is 360. The van der Waals surface area contributed by atoms with Gasteiger partial charge in [-0.05, 0) is 24.3 Å². The van der Waals surface area contributed by atoms with Crippen LogP contribution < -0.4 is 5.73 Å². The predicted molar refractivity (Wildman–Crippen MR) is 60.3 cm³/mol. The van der Waals surface area contributed by atoms with Crippen LogP contribution in [0, 0.1) is 5.92 Å². The van der Waals surface area contributed by atoms with Crippen molar-refractivity contribution in [3.8, 4) is 0 Å². The molecule has 2 unspecified atom stereocenters. The first-order chi connectivity index (χ1) is 7.15. The van der Waals surface area contributed by atoms with Crippen LogP contribution in [-0.4, -0.2) is 5.78 Å². The summed E-state index contributed by atoms with van der Waals surface area (Å²) in [5.41, 5.74) is 6.53. The first-order valence-electron chi connectivity index (χ1n) is 5.53. The molecule has 0 aliphatic heterocycles. The first-order valence-corrected chi connectivity index (χ1v) is 5.53. The average molecular weight is 203 g/mol. The number of rotatable bonds is 1. The predicted octanol–water partition coefficient (Wildman–Crippen LogP) is 2.23. The second kappa shape index (κ2) is 3.78. The number of benzene rings is 1. The number of carbonyl (C=O) groups is 1. The molecule has 2 heteroatoms. The summed E-state index contributed by atoms with van der Waals surface area (Å²) in [6.45, 7) is 2.07. The summed E-state index contributed by atoms with van der Waals surface area (Å²) in [5.74, 6) is 0.425. The fourth-order valence-electron chi connectivity index (χ4n) is 2.44. The molecule has 2 rings (SSSR count). The third-order valence-corrected chi connectivity index (χ3v) is 3.53. The molecule has 0 spiro atoms. The Hall–Kier alpha value is -1.15. The fraction of sp³-hybridized carbons (Fsp3) is 0.462. The van der Waals surface area contributed by atoms with Crippen molar-refractivity contribution >= 4 is 5.78 Å². The van der Waals surface area contributed by atoms with E-state index in [9.17, 15) is 4.79 Å². The Balaban J connectivity index is 2.43. The van der Waals surface area contributed by atoms with Crippen LogP contribution in [-0.2, 0) is 10.3 Å². The van der Waals surface area contributed by atoms with Crippen LogP contribution in [0.15, 0.2) is 30.3 Å². The minimum atomic E-state index is -0.750. The molecule has 0 saturated heterocycles. The molecule has 0 heterocycles. The third-order valence-electron chi connectivity index (χ3n) is 3.53. The average Bonchev–Trinajstić information content (AvgIpc) is 2.27. The second-order valence-corrected chi connectivity index (χ2v) is 4.45. The molecule has 2 nitrogen and oxygen atoms in total. The van der Waals surface area contributed by atoms with E-state index in [-0.39, 0.29) is 11.7 Å². The number of hydrogen-bond donors (Lipinski definition) is 1. The quantitative estimate of drug-likeness (QED) is 0.760. The van der Waals surface area contributed by atoms with Crippen LogP contribution in [0.1, 0.15) is 31.7 Å². The summed E-state index contributed by atoms with van der Waals surface area (Å²) in [6.07, 6.45) is 2.64. The minimum absolute atomic E-state index is 0.187. The maximum Gasteiger partial charge on any atom is 0.157 e. The first kappa shape index (κ1) is 10.4. The van der Waals surface area contributed by atoms with Gasteiger partial charge in [-0.3, -0.25) is 4.79 Å². The van der Waals surface area contributed by atoms with Crippen molar-refractivity contribution < 1.29 is 4.79 Å². The van der Waals surface area contributed by atoms with E-state index in [2.05, 4.69) is 6.92 Å². The molecule has 1 aromatic rings. The molecule has 0 aromatic heterocycles. The number of ketones is 1. The second-order valence-electron chi connectivity index (χ2n) is 4.45. The Morgan fingerprint density at radius 3 is 2.60 bits per heavy atom. The van der Waals surface area contributed by atoms with Gasteiger partial charge in [-0.15, -0.1) is 0 Å². The van der Waals surface area contributed by atoms with E-state index in [4.69, 9.17) is 5.73 Å². The van der Waals surface area contributed by atoms with E-state index in [0.29, 0.717) is 6.42 Å². The molecule has 80 valence electrons. The van der Waals surface area contributed by atoms with Gasteiger partial charge in [0, 0.05) is 6.42 Å². The molecule has 0 bridgehead atoms. The molecule has 2 N–H and O–H groups in total. The van der Waals surface area contributed by atoms with E-state index in [1.807, 2.05) is 30.3 Å². The van der Waals surface area contributed by atoms with E-state index in [1.165, 1.54) is 0 Å². The van der Waals surface area contributed by atoms with Crippen molar-refractivity contribution in [2.24, 2.45) is 11.7 Å². The van der Waals surface area contributed by atoms with Crippen molar-refractivity contribution in [3.63, 3.8) is 0 Å². The number of nitrogens with two attached hydrogens (primary N) is 1. The summed E-state index contributed by atoms with van der Waals surface area (Å²) >= 11 is 0. The van der Waals surface area contributed by atoms with Gasteiger partial charge in [-0.2, -0.15) is 0 Å². The van der Waals surface area contributed by atoms with Crippen LogP contribution >= 0.6 is 0 Å². The van der Waals surface area contributed by atoms with Gasteiger partial charge >= 0.3 is 0 Å². The summed E-state index contributed by atoms with van der Waals surface area (Å²) < 4.78 is 0. The maximum atomic E-state index is 12.0. The molecule has 1 aliphatic carbocycles. The molecule has 1 fully saturated rings. The zero-order chi connectivity index (χ0) is 10.9. The smallest absolute Gasteiger partial charge is 0.157 e. The molecule has 1 aromatic carbocycles. The van der Waals surface area contributed by atoms with Gasteiger partial charge in [-0.1, -0.05) is 37.3 Å². The minimum Gasteiger partial charge on any atom is -0.315 e. The molecule has 0 radical (unpaired) electrons. The highest BCUT2D eigenvalue weighted by Gasteiger charge is 2.42. The van der Waals surface area contributed by atoms with Gasteiger partial charge < -0.3 is 5.73 Å². The van der Waals surface area contributed by atoms with Gasteiger partial charge in [-0.25, -0.2) is 0 Å². The largest absolute Gasteiger partial charge is 0.315 e. The molecule has 1 saturated carbocycles. The highest BCUT2D eigenvalue weighted by Crippen LogP contribution is 2.36. The summed E-state index contributed by atoms with van der Waals surface area (Å²) in [5, 5.41) is 0. The Morgan fingerprint density at radius 1 is 1.33 bits per heavy atom. The lowest BCUT2D eigenvalue weighted by Gasteiger charge is -2.38. The van der Waals surface area contributed by atoms with Crippen molar-refractivity contribution in [1.82, 2.24) is 0 Å². The van der Waals surface area contributed by atoms with Gasteiger partial charge in [0.15, 0.2) is 5.78 Å². The number of hydrogen-bond acceptors (Lipinski definition) is 2. The Kier molecular flexibility index (Phi) is 2.61. The molecular formula is C13H17NO. The van der Waals surface area contributed by atoms with Crippen LogP contribution in [0.25, 0.3) is 0 Å². The lowest BCUT2D eigenvalue weighted by molar-refractivity contribution is -0.128.